The Hall–Kier alpha value is -0.570. The molecule has 3 heteroatoms. The number of hydrogen-bond acceptors (Lipinski definition) is 2. The van der Waals surface area contributed by atoms with E-state index < -0.39 is 0 Å². The number of nitrogens with one attached hydrogen (secondary N) is 1. The molecule has 3 aliphatic carbocycles. The molecule has 3 N–H and O–H groups in total. The van der Waals surface area contributed by atoms with Crippen molar-refractivity contribution in [3.05, 3.63) is 0 Å². The normalized spacial score (nSPS) is 45.4. The summed E-state index contributed by atoms with van der Waals surface area (Å²) in [6.07, 6.45) is 9.14. The molecule has 0 aromatic heterocycles. The Balaban J connectivity index is 1.81. The first-order valence-corrected chi connectivity index (χ1v) is 7.18. The maximum atomic E-state index is 11.9. The molecule has 5 unspecified atom stereocenters. The highest BCUT2D eigenvalue weighted by atomic mass is 16.2. The second kappa shape index (κ2) is 3.98. The maximum Gasteiger partial charge on any atom is 0.237 e. The molecule has 3 nitrogen and oxygen atoms in total. The van der Waals surface area contributed by atoms with Gasteiger partial charge in [0.2, 0.25) is 5.91 Å². The number of carbonyl (C=O) groups is 1. The predicted molar refractivity (Wildman–Crippen MR) is 67.3 cm³/mol. The van der Waals surface area contributed by atoms with Gasteiger partial charge in [0.05, 0.1) is 6.04 Å². The van der Waals surface area contributed by atoms with Crippen molar-refractivity contribution in [2.45, 2.75) is 63.5 Å². The molecular weight excluding hydrogens is 212 g/mol. The van der Waals surface area contributed by atoms with Gasteiger partial charge < -0.3 is 11.1 Å². The number of hydrogen-bond donors (Lipinski definition) is 2. The van der Waals surface area contributed by atoms with E-state index in [1.165, 1.54) is 44.9 Å². The van der Waals surface area contributed by atoms with Gasteiger partial charge in [0.25, 0.3) is 0 Å². The van der Waals surface area contributed by atoms with Crippen molar-refractivity contribution < 1.29 is 4.79 Å². The van der Waals surface area contributed by atoms with Crippen LogP contribution in [0, 0.1) is 17.8 Å². The van der Waals surface area contributed by atoms with Crippen molar-refractivity contribution in [3.63, 3.8) is 0 Å². The number of rotatable bonds is 2. The first kappa shape index (κ1) is 11.5. The van der Waals surface area contributed by atoms with Crippen molar-refractivity contribution >= 4 is 5.91 Å². The molecule has 0 saturated heterocycles. The molecule has 3 aliphatic rings. The van der Waals surface area contributed by atoms with E-state index in [0.717, 1.165) is 17.8 Å². The van der Waals surface area contributed by atoms with E-state index in [2.05, 4.69) is 5.32 Å². The molecule has 0 aromatic carbocycles. The lowest BCUT2D eigenvalue weighted by atomic mass is 9.61. The topological polar surface area (TPSA) is 55.1 Å². The van der Waals surface area contributed by atoms with Crippen molar-refractivity contribution in [2.75, 3.05) is 0 Å². The van der Waals surface area contributed by atoms with Crippen LogP contribution in [0.25, 0.3) is 0 Å². The Kier molecular flexibility index (Phi) is 2.69. The van der Waals surface area contributed by atoms with Gasteiger partial charge in [0.15, 0.2) is 0 Å². The third kappa shape index (κ3) is 1.79. The Bertz CT molecular complexity index is 328. The van der Waals surface area contributed by atoms with E-state index in [-0.39, 0.29) is 17.5 Å². The Labute approximate surface area is 104 Å². The summed E-state index contributed by atoms with van der Waals surface area (Å²) in [5, 5.41) is 3.33. The van der Waals surface area contributed by atoms with Gasteiger partial charge in [-0.1, -0.05) is 12.8 Å². The summed E-state index contributed by atoms with van der Waals surface area (Å²) in [6.45, 7) is 1.78. The van der Waals surface area contributed by atoms with Crippen LogP contribution in [0.4, 0.5) is 0 Å². The summed E-state index contributed by atoms with van der Waals surface area (Å²) in [5.74, 6) is 2.61. The molecule has 17 heavy (non-hydrogen) atoms. The summed E-state index contributed by atoms with van der Waals surface area (Å²) in [7, 11) is 0. The van der Waals surface area contributed by atoms with E-state index in [0.29, 0.717) is 0 Å². The molecule has 0 aliphatic heterocycles. The van der Waals surface area contributed by atoms with Crippen LogP contribution in [0.5, 0.6) is 0 Å². The zero-order valence-corrected chi connectivity index (χ0v) is 10.7. The van der Waals surface area contributed by atoms with Gasteiger partial charge >= 0.3 is 0 Å². The molecule has 96 valence electrons. The second-order valence-electron chi connectivity index (χ2n) is 6.56. The summed E-state index contributed by atoms with van der Waals surface area (Å²) in [5.41, 5.74) is 5.82. The van der Waals surface area contributed by atoms with Crippen LogP contribution in [-0.2, 0) is 4.79 Å². The molecule has 0 spiro atoms. The van der Waals surface area contributed by atoms with Gasteiger partial charge in [-0.05, 0) is 56.8 Å². The average Bonchev–Trinajstić information content (AvgIpc) is 2.75. The van der Waals surface area contributed by atoms with Crippen LogP contribution in [0.2, 0.25) is 0 Å². The van der Waals surface area contributed by atoms with E-state index in [9.17, 15) is 4.79 Å². The Morgan fingerprint density at radius 3 is 2.94 bits per heavy atom. The highest BCUT2D eigenvalue weighted by Crippen LogP contribution is 2.56. The number of amides is 1. The fraction of sp³-hybridized carbons (Fsp3) is 0.929. The van der Waals surface area contributed by atoms with Crippen LogP contribution >= 0.6 is 0 Å². The number of carbonyl (C=O) groups excluding carboxylic acids is 1. The smallest absolute Gasteiger partial charge is 0.237 e. The molecule has 3 rings (SSSR count). The van der Waals surface area contributed by atoms with E-state index in [1.807, 2.05) is 0 Å². The van der Waals surface area contributed by atoms with Gasteiger partial charge in [-0.2, -0.15) is 0 Å². The van der Waals surface area contributed by atoms with Gasteiger partial charge in [0.1, 0.15) is 0 Å². The first-order valence-electron chi connectivity index (χ1n) is 7.18. The minimum atomic E-state index is -0.371. The minimum Gasteiger partial charge on any atom is -0.349 e. The fourth-order valence-corrected chi connectivity index (χ4v) is 4.65. The van der Waals surface area contributed by atoms with E-state index in [1.54, 1.807) is 6.92 Å². The van der Waals surface area contributed by atoms with E-state index >= 15 is 0 Å². The molecule has 5 atom stereocenters. The maximum absolute atomic E-state index is 11.9. The molecule has 0 aromatic rings. The van der Waals surface area contributed by atoms with Crippen LogP contribution in [0.3, 0.4) is 0 Å². The van der Waals surface area contributed by atoms with Gasteiger partial charge in [-0.25, -0.2) is 0 Å². The molecule has 3 saturated carbocycles. The summed E-state index contributed by atoms with van der Waals surface area (Å²) < 4.78 is 0. The van der Waals surface area contributed by atoms with Gasteiger partial charge in [-0.3, -0.25) is 4.79 Å². The molecule has 0 radical (unpaired) electrons. The van der Waals surface area contributed by atoms with Crippen LogP contribution < -0.4 is 11.1 Å². The lowest BCUT2D eigenvalue weighted by Gasteiger charge is -2.50. The third-order valence-electron chi connectivity index (χ3n) is 5.53. The second-order valence-corrected chi connectivity index (χ2v) is 6.56. The predicted octanol–water partition coefficient (Wildman–Crippen LogP) is 1.81. The average molecular weight is 236 g/mol. The zero-order chi connectivity index (χ0) is 12.0. The Morgan fingerprint density at radius 1 is 1.35 bits per heavy atom. The first-order chi connectivity index (χ1) is 8.11. The zero-order valence-electron chi connectivity index (χ0n) is 10.7. The van der Waals surface area contributed by atoms with Gasteiger partial charge in [-0.15, -0.1) is 0 Å². The highest BCUT2D eigenvalue weighted by molar-refractivity contribution is 5.81. The minimum absolute atomic E-state index is 0.0519. The van der Waals surface area contributed by atoms with Crippen molar-refractivity contribution in [2.24, 2.45) is 23.5 Å². The van der Waals surface area contributed by atoms with Crippen LogP contribution in [0.1, 0.15) is 51.9 Å². The Morgan fingerprint density at radius 2 is 2.18 bits per heavy atom. The standard InChI is InChI=1S/C14H24N2O/c1-9(15)13(17)16-14-6-2-3-11(8-14)10-4-5-12(14)7-10/h9-12H,2-8,15H2,1H3,(H,16,17). The lowest BCUT2D eigenvalue weighted by Crippen LogP contribution is -2.60. The molecule has 1 amide bonds. The fourth-order valence-electron chi connectivity index (χ4n) is 4.65. The largest absolute Gasteiger partial charge is 0.349 e. The quantitative estimate of drug-likeness (QED) is 0.768. The third-order valence-corrected chi connectivity index (χ3v) is 5.53. The van der Waals surface area contributed by atoms with Gasteiger partial charge in [0, 0.05) is 5.54 Å². The van der Waals surface area contributed by atoms with Crippen LogP contribution in [0.15, 0.2) is 0 Å². The van der Waals surface area contributed by atoms with Crippen molar-refractivity contribution in [1.82, 2.24) is 5.32 Å². The number of nitrogens with two attached hydrogens (primary N) is 1. The molecule has 3 fully saturated rings. The van der Waals surface area contributed by atoms with Crippen molar-refractivity contribution in [1.29, 1.82) is 0 Å². The lowest BCUT2D eigenvalue weighted by molar-refractivity contribution is -0.126. The summed E-state index contributed by atoms with van der Waals surface area (Å²) in [6, 6.07) is -0.371. The number of fused-ring (bicyclic) bond motifs is 6. The summed E-state index contributed by atoms with van der Waals surface area (Å²) in [4.78, 5) is 11.9. The molecule has 4 bridgehead atoms. The van der Waals surface area contributed by atoms with Crippen LogP contribution in [-0.4, -0.2) is 17.5 Å². The monoisotopic (exact) mass is 236 g/mol. The van der Waals surface area contributed by atoms with Crippen molar-refractivity contribution in [3.8, 4) is 0 Å². The van der Waals surface area contributed by atoms with E-state index in [4.69, 9.17) is 5.73 Å². The molecular formula is C14H24N2O. The summed E-state index contributed by atoms with van der Waals surface area (Å²) >= 11 is 0. The molecule has 0 heterocycles. The highest BCUT2D eigenvalue weighted by Gasteiger charge is 2.53. The SMILES string of the molecule is CC(N)C(=O)NC12CCCC(C1)C1CCC2C1.